The van der Waals surface area contributed by atoms with Crippen molar-refractivity contribution in [3.8, 4) is 0 Å². The van der Waals surface area contributed by atoms with Gasteiger partial charge in [-0.3, -0.25) is 4.79 Å². The molecule has 0 saturated carbocycles. The van der Waals surface area contributed by atoms with Gasteiger partial charge >= 0.3 is 0 Å². The third-order valence-electron chi connectivity index (χ3n) is 4.81. The van der Waals surface area contributed by atoms with Crippen LogP contribution >= 0.6 is 0 Å². The van der Waals surface area contributed by atoms with Gasteiger partial charge in [-0.2, -0.15) is 0 Å². The van der Waals surface area contributed by atoms with Crippen molar-refractivity contribution in [2.75, 3.05) is 39.3 Å². The Kier molecular flexibility index (Phi) is 23.9. The molecule has 170 valence electrons. The number of carbonyl (C=O) groups excluding carboxylic acids is 1. The molecule has 0 aromatic carbocycles. The zero-order valence-corrected chi connectivity index (χ0v) is 19.0. The minimum absolute atomic E-state index is 0.178. The molecule has 0 aromatic rings. The highest BCUT2D eigenvalue weighted by Gasteiger charge is 2.00. The molecule has 0 aliphatic heterocycles. The quantitative estimate of drug-likeness (QED) is 0.161. The minimum Gasteiger partial charge on any atom is -0.355 e. The van der Waals surface area contributed by atoms with Crippen molar-refractivity contribution in [2.24, 2.45) is 5.73 Å². The molecule has 0 bridgehead atoms. The number of carbonyl (C=O) groups is 1. The van der Waals surface area contributed by atoms with E-state index in [-0.39, 0.29) is 5.91 Å². The summed E-state index contributed by atoms with van der Waals surface area (Å²) in [7, 11) is 0. The maximum Gasteiger partial charge on any atom is 0.220 e. The Labute approximate surface area is 180 Å². The van der Waals surface area contributed by atoms with Crippen LogP contribution in [0.5, 0.6) is 0 Å². The molecule has 0 aliphatic carbocycles. The van der Waals surface area contributed by atoms with E-state index in [9.17, 15) is 4.79 Å². The number of nitrogens with two attached hydrogens (primary N) is 1. The van der Waals surface area contributed by atoms with E-state index in [0.29, 0.717) is 19.5 Å². The molecule has 0 aliphatic rings. The zero-order valence-electron chi connectivity index (χ0n) is 19.0. The molecule has 0 spiro atoms. The minimum atomic E-state index is 0.178. The summed E-state index contributed by atoms with van der Waals surface area (Å²) in [5.41, 5.74) is 5.40. The topological polar surface area (TPSA) is 79.2 Å². The lowest BCUT2D eigenvalue weighted by Gasteiger charge is -2.07. The Morgan fingerprint density at radius 1 is 0.724 bits per heavy atom. The van der Waals surface area contributed by atoms with Crippen molar-refractivity contribution >= 4 is 5.91 Å². The summed E-state index contributed by atoms with van der Waals surface area (Å²) in [5, 5.41) is 9.50. The van der Waals surface area contributed by atoms with Crippen LogP contribution in [0.15, 0.2) is 24.3 Å². The van der Waals surface area contributed by atoms with Gasteiger partial charge in [-0.25, -0.2) is 0 Å². The third-order valence-corrected chi connectivity index (χ3v) is 4.81. The Morgan fingerprint density at radius 3 is 1.93 bits per heavy atom. The number of hydrogen-bond donors (Lipinski definition) is 4. The molecule has 0 radical (unpaired) electrons. The maximum atomic E-state index is 11.8. The third kappa shape index (κ3) is 24.8. The predicted octanol–water partition coefficient (Wildman–Crippen LogP) is 4.05. The molecule has 0 heterocycles. The van der Waals surface area contributed by atoms with Gasteiger partial charge in [-0.1, -0.05) is 69.8 Å². The summed E-state index contributed by atoms with van der Waals surface area (Å²) in [6.45, 7) is 7.11. The van der Waals surface area contributed by atoms with Crippen LogP contribution in [-0.4, -0.2) is 45.2 Å². The smallest absolute Gasteiger partial charge is 0.220 e. The highest BCUT2D eigenvalue weighted by atomic mass is 16.1. The molecule has 1 amide bonds. The predicted molar refractivity (Wildman–Crippen MR) is 127 cm³/mol. The van der Waals surface area contributed by atoms with E-state index >= 15 is 0 Å². The molecule has 5 N–H and O–H groups in total. The number of unbranched alkanes of at least 4 members (excludes halogenated alkanes) is 9. The summed E-state index contributed by atoms with van der Waals surface area (Å²) >= 11 is 0. The van der Waals surface area contributed by atoms with Gasteiger partial charge in [0.1, 0.15) is 0 Å². The van der Waals surface area contributed by atoms with Crippen LogP contribution < -0.4 is 21.7 Å². The van der Waals surface area contributed by atoms with E-state index < -0.39 is 0 Å². The van der Waals surface area contributed by atoms with Crippen LogP contribution in [0.25, 0.3) is 0 Å². The Hall–Kier alpha value is -1.17. The summed E-state index contributed by atoms with van der Waals surface area (Å²) in [4.78, 5) is 11.8. The fourth-order valence-corrected chi connectivity index (χ4v) is 3.02. The van der Waals surface area contributed by atoms with E-state index in [1.54, 1.807) is 0 Å². The van der Waals surface area contributed by atoms with Crippen molar-refractivity contribution < 1.29 is 4.79 Å². The standard InChI is InChI=1S/C24H48N4O/c1-2-3-4-5-6-7-8-9-10-11-12-13-14-15-16-17-24(29)28-23-22-27-21-20-26-19-18-25/h7-10,26-27H,2-6,11-23,25H2,1H3,(H,28,29). The Bertz CT molecular complexity index is 396. The fraction of sp³-hybridized carbons (Fsp3) is 0.792. The Balaban J connectivity index is 3.26. The van der Waals surface area contributed by atoms with Crippen molar-refractivity contribution in [2.45, 2.75) is 84.0 Å². The monoisotopic (exact) mass is 408 g/mol. The molecule has 0 saturated heterocycles. The molecule has 0 fully saturated rings. The van der Waals surface area contributed by atoms with E-state index in [1.807, 2.05) is 0 Å². The SMILES string of the molecule is CCCCCCC=CC=CCCCCCCCC(=O)NCCNCCNCCN. The summed E-state index contributed by atoms with van der Waals surface area (Å²) in [5.74, 6) is 0.178. The first kappa shape index (κ1) is 27.8. The second-order valence-corrected chi connectivity index (χ2v) is 7.65. The number of rotatable bonds is 22. The van der Waals surface area contributed by atoms with Crippen LogP contribution in [0.2, 0.25) is 0 Å². The second kappa shape index (κ2) is 24.9. The van der Waals surface area contributed by atoms with Gasteiger partial charge in [0.05, 0.1) is 0 Å². The molecule has 5 heteroatoms. The molecule has 0 rings (SSSR count). The highest BCUT2D eigenvalue weighted by molar-refractivity contribution is 5.75. The van der Waals surface area contributed by atoms with E-state index in [0.717, 1.165) is 45.4 Å². The summed E-state index contributed by atoms with van der Waals surface area (Å²) in [6.07, 6.45) is 23.2. The van der Waals surface area contributed by atoms with E-state index in [2.05, 4.69) is 47.2 Å². The van der Waals surface area contributed by atoms with Crippen molar-refractivity contribution in [1.82, 2.24) is 16.0 Å². The molecule has 29 heavy (non-hydrogen) atoms. The maximum absolute atomic E-state index is 11.8. The van der Waals surface area contributed by atoms with E-state index in [1.165, 1.54) is 51.4 Å². The highest BCUT2D eigenvalue weighted by Crippen LogP contribution is 2.08. The van der Waals surface area contributed by atoms with Gasteiger partial charge < -0.3 is 21.7 Å². The van der Waals surface area contributed by atoms with Crippen molar-refractivity contribution in [3.05, 3.63) is 24.3 Å². The number of nitrogens with one attached hydrogen (secondary N) is 3. The van der Waals surface area contributed by atoms with Crippen LogP contribution in [0.1, 0.15) is 84.0 Å². The second-order valence-electron chi connectivity index (χ2n) is 7.65. The average Bonchev–Trinajstić information content (AvgIpc) is 2.72. The first-order valence-corrected chi connectivity index (χ1v) is 12.0. The summed E-state index contributed by atoms with van der Waals surface area (Å²) < 4.78 is 0. The number of allylic oxidation sites excluding steroid dienone is 4. The van der Waals surface area contributed by atoms with Crippen molar-refractivity contribution in [1.29, 1.82) is 0 Å². The molecule has 0 unspecified atom stereocenters. The lowest BCUT2D eigenvalue weighted by Crippen LogP contribution is -2.35. The van der Waals surface area contributed by atoms with Crippen molar-refractivity contribution in [3.63, 3.8) is 0 Å². The number of amides is 1. The fourth-order valence-electron chi connectivity index (χ4n) is 3.02. The normalized spacial score (nSPS) is 11.7. The first-order valence-electron chi connectivity index (χ1n) is 12.0. The molecular weight excluding hydrogens is 360 g/mol. The first-order chi connectivity index (χ1) is 14.3. The molecular formula is C24H48N4O. The zero-order chi connectivity index (χ0) is 21.3. The van der Waals surface area contributed by atoms with Crippen LogP contribution in [0.4, 0.5) is 0 Å². The van der Waals surface area contributed by atoms with Gasteiger partial charge in [-0.15, -0.1) is 0 Å². The van der Waals surface area contributed by atoms with Gasteiger partial charge in [-0.05, 0) is 32.1 Å². The van der Waals surface area contributed by atoms with Gasteiger partial charge in [0, 0.05) is 45.7 Å². The molecule has 0 atom stereocenters. The lowest BCUT2D eigenvalue weighted by atomic mass is 10.1. The van der Waals surface area contributed by atoms with Crippen LogP contribution in [0.3, 0.4) is 0 Å². The Morgan fingerprint density at radius 2 is 1.28 bits per heavy atom. The molecule has 5 nitrogen and oxygen atoms in total. The molecule has 0 aromatic heterocycles. The van der Waals surface area contributed by atoms with Crippen LogP contribution in [-0.2, 0) is 4.79 Å². The van der Waals surface area contributed by atoms with Gasteiger partial charge in [0.15, 0.2) is 0 Å². The van der Waals surface area contributed by atoms with Gasteiger partial charge in [0.2, 0.25) is 5.91 Å². The van der Waals surface area contributed by atoms with Crippen LogP contribution in [0, 0.1) is 0 Å². The summed E-state index contributed by atoms with van der Waals surface area (Å²) in [6, 6.07) is 0. The largest absolute Gasteiger partial charge is 0.355 e. The van der Waals surface area contributed by atoms with E-state index in [4.69, 9.17) is 5.73 Å². The lowest BCUT2D eigenvalue weighted by molar-refractivity contribution is -0.121. The number of hydrogen-bond acceptors (Lipinski definition) is 4. The average molecular weight is 409 g/mol. The van der Waals surface area contributed by atoms with Gasteiger partial charge in [0.25, 0.3) is 0 Å².